The summed E-state index contributed by atoms with van der Waals surface area (Å²) >= 11 is 0. The molecule has 0 aliphatic heterocycles. The lowest BCUT2D eigenvalue weighted by Crippen LogP contribution is -2.12. The van der Waals surface area contributed by atoms with Crippen LogP contribution >= 0.6 is 0 Å². The Balaban J connectivity index is 2.02. The fourth-order valence-corrected chi connectivity index (χ4v) is 4.83. The van der Waals surface area contributed by atoms with Crippen molar-refractivity contribution >= 4 is 26.5 Å². The van der Waals surface area contributed by atoms with Gasteiger partial charge in [0.25, 0.3) is 0 Å². The molecule has 0 fully saturated rings. The van der Waals surface area contributed by atoms with Gasteiger partial charge in [-0.15, -0.1) is 0 Å². The standard InChI is InChI=1S/C23H16FNO4S/c1-29-17-8-10-18(11-9-17)30(27,28)23-19-13-16(24)7-12-21(19)25-14-20(23)22(26)15-5-3-2-4-6-15/h2-14H,1H3. The average molecular weight is 421 g/mol. The minimum Gasteiger partial charge on any atom is -0.497 e. The van der Waals surface area contributed by atoms with E-state index < -0.39 is 21.4 Å². The molecule has 30 heavy (non-hydrogen) atoms. The Hall–Kier alpha value is -3.58. The maximum Gasteiger partial charge on any atom is 0.208 e. The lowest BCUT2D eigenvalue weighted by Gasteiger charge is -2.13. The molecule has 1 heterocycles. The number of aromatic nitrogens is 1. The van der Waals surface area contributed by atoms with Crippen LogP contribution in [0.2, 0.25) is 0 Å². The molecular weight excluding hydrogens is 405 g/mol. The Bertz CT molecular complexity index is 1350. The summed E-state index contributed by atoms with van der Waals surface area (Å²) in [5.41, 5.74) is 0.462. The predicted molar refractivity (Wildman–Crippen MR) is 110 cm³/mol. The van der Waals surface area contributed by atoms with Gasteiger partial charge in [0.2, 0.25) is 9.84 Å². The molecule has 4 rings (SSSR count). The quantitative estimate of drug-likeness (QED) is 0.445. The molecule has 0 radical (unpaired) electrons. The van der Waals surface area contributed by atoms with Gasteiger partial charge in [0, 0.05) is 17.1 Å². The van der Waals surface area contributed by atoms with Gasteiger partial charge in [0.05, 0.1) is 28.0 Å². The van der Waals surface area contributed by atoms with Crippen LogP contribution in [0.1, 0.15) is 15.9 Å². The van der Waals surface area contributed by atoms with Crippen molar-refractivity contribution in [2.45, 2.75) is 9.79 Å². The fourth-order valence-electron chi connectivity index (χ4n) is 3.21. The van der Waals surface area contributed by atoms with Crippen LogP contribution in [-0.4, -0.2) is 26.3 Å². The SMILES string of the molecule is COc1ccc(S(=O)(=O)c2c(C(=O)c3ccccc3)cnc3ccc(F)cc23)cc1. The Morgan fingerprint density at radius 1 is 0.967 bits per heavy atom. The van der Waals surface area contributed by atoms with Gasteiger partial charge in [-0.2, -0.15) is 0 Å². The van der Waals surface area contributed by atoms with Crippen LogP contribution in [0.25, 0.3) is 10.9 Å². The second-order valence-corrected chi connectivity index (χ2v) is 8.42. The first kappa shape index (κ1) is 19.7. The van der Waals surface area contributed by atoms with E-state index in [0.29, 0.717) is 11.3 Å². The van der Waals surface area contributed by atoms with Crippen LogP contribution in [0.15, 0.2) is 88.8 Å². The van der Waals surface area contributed by atoms with E-state index in [2.05, 4.69) is 4.98 Å². The summed E-state index contributed by atoms with van der Waals surface area (Å²) in [4.78, 5) is 17.0. The number of ether oxygens (including phenoxy) is 1. The Labute approximate surface area is 172 Å². The van der Waals surface area contributed by atoms with Gasteiger partial charge in [0.1, 0.15) is 11.6 Å². The van der Waals surface area contributed by atoms with Crippen molar-refractivity contribution in [1.82, 2.24) is 4.98 Å². The molecule has 1 aromatic heterocycles. The molecule has 0 saturated heterocycles. The molecule has 0 unspecified atom stereocenters. The minimum absolute atomic E-state index is 0.0397. The first-order chi connectivity index (χ1) is 14.4. The molecule has 7 heteroatoms. The Morgan fingerprint density at radius 3 is 2.33 bits per heavy atom. The highest BCUT2D eigenvalue weighted by atomic mass is 32.2. The lowest BCUT2D eigenvalue weighted by molar-refractivity contribution is 0.103. The van der Waals surface area contributed by atoms with Crippen LogP contribution < -0.4 is 4.74 Å². The summed E-state index contributed by atoms with van der Waals surface area (Å²) in [6.45, 7) is 0. The second kappa shape index (κ2) is 7.68. The first-order valence-corrected chi connectivity index (χ1v) is 10.5. The number of carbonyl (C=O) groups is 1. The lowest BCUT2D eigenvalue weighted by atomic mass is 10.0. The third-order valence-corrected chi connectivity index (χ3v) is 6.57. The third kappa shape index (κ3) is 3.44. The number of methoxy groups -OCH3 is 1. The first-order valence-electron chi connectivity index (χ1n) is 8.99. The number of benzene rings is 3. The van der Waals surface area contributed by atoms with Crippen molar-refractivity contribution in [3.8, 4) is 5.75 Å². The topological polar surface area (TPSA) is 73.3 Å². The van der Waals surface area contributed by atoms with E-state index in [0.717, 1.165) is 6.07 Å². The summed E-state index contributed by atoms with van der Waals surface area (Å²) in [5.74, 6) is -0.652. The molecule has 0 amide bonds. The van der Waals surface area contributed by atoms with Crippen molar-refractivity contribution in [2.24, 2.45) is 0 Å². The van der Waals surface area contributed by atoms with E-state index in [4.69, 9.17) is 4.74 Å². The Kier molecular flexibility index (Phi) is 5.05. The maximum atomic E-state index is 14.0. The predicted octanol–water partition coefficient (Wildman–Crippen LogP) is 4.45. The maximum absolute atomic E-state index is 14.0. The smallest absolute Gasteiger partial charge is 0.208 e. The molecule has 4 aromatic rings. The van der Waals surface area contributed by atoms with Gasteiger partial charge in [-0.05, 0) is 42.5 Å². The van der Waals surface area contributed by atoms with Crippen LogP contribution in [0.3, 0.4) is 0 Å². The van der Waals surface area contributed by atoms with Gasteiger partial charge in [0.15, 0.2) is 5.78 Å². The third-order valence-electron chi connectivity index (χ3n) is 4.70. The number of pyridine rings is 1. The summed E-state index contributed by atoms with van der Waals surface area (Å²) in [7, 11) is -2.70. The van der Waals surface area contributed by atoms with E-state index in [9.17, 15) is 17.6 Å². The normalized spacial score (nSPS) is 11.4. The van der Waals surface area contributed by atoms with E-state index >= 15 is 0 Å². The van der Waals surface area contributed by atoms with E-state index in [-0.39, 0.29) is 26.3 Å². The molecule has 0 spiro atoms. The van der Waals surface area contributed by atoms with Crippen molar-refractivity contribution in [2.75, 3.05) is 7.11 Å². The van der Waals surface area contributed by atoms with Gasteiger partial charge < -0.3 is 4.74 Å². The summed E-state index contributed by atoms with van der Waals surface area (Å²) in [6.07, 6.45) is 1.23. The molecule has 0 bridgehead atoms. The van der Waals surface area contributed by atoms with Gasteiger partial charge in [-0.1, -0.05) is 30.3 Å². The summed E-state index contributed by atoms with van der Waals surface area (Å²) in [5, 5.41) is 0.0487. The molecule has 150 valence electrons. The number of rotatable bonds is 5. The molecule has 0 saturated carbocycles. The number of sulfone groups is 1. The molecule has 0 aliphatic rings. The van der Waals surface area contributed by atoms with Gasteiger partial charge in [-0.25, -0.2) is 12.8 Å². The number of ketones is 1. The summed E-state index contributed by atoms with van der Waals surface area (Å²) < 4.78 is 46.3. The van der Waals surface area contributed by atoms with Crippen LogP contribution in [0, 0.1) is 5.82 Å². The molecule has 5 nitrogen and oxygen atoms in total. The average Bonchev–Trinajstić information content (AvgIpc) is 2.78. The van der Waals surface area contributed by atoms with E-state index in [1.807, 2.05) is 0 Å². The largest absolute Gasteiger partial charge is 0.497 e. The zero-order valence-corrected chi connectivity index (χ0v) is 16.7. The number of fused-ring (bicyclic) bond motifs is 1. The molecule has 0 atom stereocenters. The van der Waals surface area contributed by atoms with Crippen molar-refractivity contribution in [1.29, 1.82) is 0 Å². The zero-order valence-electron chi connectivity index (χ0n) is 15.9. The molecule has 3 aromatic carbocycles. The van der Waals surface area contributed by atoms with Gasteiger partial charge >= 0.3 is 0 Å². The molecule has 0 aliphatic carbocycles. The minimum atomic E-state index is -4.17. The highest BCUT2D eigenvalue weighted by Gasteiger charge is 2.28. The van der Waals surface area contributed by atoms with Crippen LogP contribution in [-0.2, 0) is 9.84 Å². The monoisotopic (exact) mass is 421 g/mol. The number of carbonyl (C=O) groups excluding carboxylic acids is 1. The highest BCUT2D eigenvalue weighted by Crippen LogP contribution is 2.33. The van der Waals surface area contributed by atoms with Crippen LogP contribution in [0.4, 0.5) is 4.39 Å². The molecular formula is C23H16FNO4S. The number of halogens is 1. The van der Waals surface area contributed by atoms with E-state index in [1.165, 1.54) is 49.7 Å². The molecule has 0 N–H and O–H groups in total. The van der Waals surface area contributed by atoms with Crippen molar-refractivity contribution in [3.63, 3.8) is 0 Å². The fraction of sp³-hybridized carbons (Fsp3) is 0.0435. The highest BCUT2D eigenvalue weighted by molar-refractivity contribution is 7.91. The number of hydrogen-bond acceptors (Lipinski definition) is 5. The summed E-state index contributed by atoms with van der Waals surface area (Å²) in [6, 6.07) is 17.7. The van der Waals surface area contributed by atoms with Crippen molar-refractivity contribution in [3.05, 3.63) is 95.9 Å². The number of hydrogen-bond donors (Lipinski definition) is 0. The number of nitrogens with zero attached hydrogens (tertiary/aromatic N) is 1. The second-order valence-electron chi connectivity index (χ2n) is 6.54. The van der Waals surface area contributed by atoms with Crippen LogP contribution in [0.5, 0.6) is 5.75 Å². The zero-order chi connectivity index (χ0) is 21.3. The Morgan fingerprint density at radius 2 is 1.67 bits per heavy atom. The van der Waals surface area contributed by atoms with E-state index in [1.54, 1.807) is 30.3 Å². The van der Waals surface area contributed by atoms with Crippen molar-refractivity contribution < 1.29 is 22.3 Å². The van der Waals surface area contributed by atoms with Gasteiger partial charge in [-0.3, -0.25) is 9.78 Å².